The Morgan fingerprint density at radius 3 is 2.33 bits per heavy atom. The lowest BCUT2D eigenvalue weighted by Gasteiger charge is -2.28. The molecule has 1 fully saturated rings. The number of hydrogen-bond acceptors (Lipinski definition) is 2. The van der Waals surface area contributed by atoms with Gasteiger partial charge in [-0.15, -0.1) is 0 Å². The molecule has 0 aromatic heterocycles. The molecule has 2 aromatic rings. The minimum Gasteiger partial charge on any atom is -0.350 e. The second-order valence-corrected chi connectivity index (χ2v) is 6.88. The van der Waals surface area contributed by atoms with E-state index < -0.39 is 6.03 Å². The molecule has 1 aliphatic heterocycles. The number of hydrogen-bond donors (Lipinski definition) is 1. The van der Waals surface area contributed by atoms with E-state index in [1.165, 1.54) is 29.3 Å². The Bertz CT molecular complexity index is 919. The van der Waals surface area contributed by atoms with Crippen LogP contribution in [0.4, 0.5) is 13.6 Å². The Hall–Kier alpha value is -3.02. The first-order chi connectivity index (χ1) is 13.0. The molecular formula is C21H19F2N3O. The van der Waals surface area contributed by atoms with Crippen LogP contribution < -0.4 is 5.73 Å². The normalized spacial score (nSPS) is 23.3. The minimum atomic E-state index is -0.632. The molecule has 1 heterocycles. The van der Waals surface area contributed by atoms with E-state index in [0.717, 1.165) is 41.7 Å². The Morgan fingerprint density at radius 2 is 1.70 bits per heavy atom. The number of primary amides is 1. The number of hydrazone groups is 1. The van der Waals surface area contributed by atoms with E-state index in [1.54, 1.807) is 24.3 Å². The van der Waals surface area contributed by atoms with Crippen LogP contribution in [0.1, 0.15) is 36.4 Å². The van der Waals surface area contributed by atoms with Crippen LogP contribution >= 0.6 is 0 Å². The summed E-state index contributed by atoms with van der Waals surface area (Å²) in [4.78, 5) is 12.0. The van der Waals surface area contributed by atoms with Crippen LogP contribution in [0.25, 0.3) is 6.08 Å². The van der Waals surface area contributed by atoms with Gasteiger partial charge < -0.3 is 5.73 Å². The highest BCUT2D eigenvalue weighted by Crippen LogP contribution is 2.44. The Labute approximate surface area is 156 Å². The third-order valence-corrected chi connectivity index (χ3v) is 5.15. The average molecular weight is 367 g/mol. The van der Waals surface area contributed by atoms with E-state index in [0.29, 0.717) is 0 Å². The molecule has 0 unspecified atom stereocenters. The molecule has 1 saturated carbocycles. The van der Waals surface area contributed by atoms with Gasteiger partial charge in [0.15, 0.2) is 0 Å². The number of nitrogens with zero attached hydrogens (tertiary/aromatic N) is 2. The monoisotopic (exact) mass is 367 g/mol. The standard InChI is InChI=1S/C21H19F2N3O/c22-16-8-4-13(5-9-16)12-15-2-1-3-18-19(15)25-26(21(24)27)20(18)14-6-10-17(23)11-7-14/h4-12,18,20H,1-3H2,(H2,24,27)/b15-12+/t18-,20+/m0/s1. The SMILES string of the molecule is NC(=O)N1N=C2/C(=C/c3ccc(F)cc3)CCC[C@@H]2[C@H]1c1ccc(F)cc1. The molecule has 2 aliphatic rings. The molecule has 0 saturated heterocycles. The third kappa shape index (κ3) is 3.35. The van der Waals surface area contributed by atoms with Crippen molar-refractivity contribution in [2.75, 3.05) is 0 Å². The Morgan fingerprint density at radius 1 is 1.07 bits per heavy atom. The van der Waals surface area contributed by atoms with Crippen molar-refractivity contribution in [3.63, 3.8) is 0 Å². The summed E-state index contributed by atoms with van der Waals surface area (Å²) in [7, 11) is 0. The van der Waals surface area contributed by atoms with Gasteiger partial charge in [0, 0.05) is 5.92 Å². The predicted molar refractivity (Wildman–Crippen MR) is 99.7 cm³/mol. The number of nitrogens with two attached hydrogens (primary N) is 1. The molecule has 2 N–H and O–H groups in total. The summed E-state index contributed by atoms with van der Waals surface area (Å²) >= 11 is 0. The summed E-state index contributed by atoms with van der Waals surface area (Å²) in [6, 6.07) is 11.4. The van der Waals surface area contributed by atoms with Crippen LogP contribution in [-0.4, -0.2) is 16.8 Å². The first-order valence-electron chi connectivity index (χ1n) is 8.92. The fourth-order valence-electron chi connectivity index (χ4n) is 3.94. The molecule has 2 amide bonds. The smallest absolute Gasteiger partial charge is 0.335 e. The van der Waals surface area contributed by atoms with Gasteiger partial charge >= 0.3 is 6.03 Å². The Kier molecular flexibility index (Phi) is 4.48. The second kappa shape index (κ2) is 6.95. The van der Waals surface area contributed by atoms with E-state index >= 15 is 0 Å². The summed E-state index contributed by atoms with van der Waals surface area (Å²) in [5, 5.41) is 5.83. The van der Waals surface area contributed by atoms with Crippen molar-refractivity contribution in [2.24, 2.45) is 16.8 Å². The van der Waals surface area contributed by atoms with Crippen LogP contribution in [0, 0.1) is 17.6 Å². The number of amides is 2. The highest BCUT2D eigenvalue weighted by atomic mass is 19.1. The van der Waals surface area contributed by atoms with E-state index in [4.69, 9.17) is 5.73 Å². The van der Waals surface area contributed by atoms with Crippen LogP contribution in [0.5, 0.6) is 0 Å². The van der Waals surface area contributed by atoms with Crippen molar-refractivity contribution in [3.05, 3.63) is 76.9 Å². The molecule has 0 bridgehead atoms. The van der Waals surface area contributed by atoms with Gasteiger partial charge in [-0.05, 0) is 66.3 Å². The minimum absolute atomic E-state index is 0.00316. The maximum absolute atomic E-state index is 13.3. The fraction of sp³-hybridized carbons (Fsp3) is 0.238. The summed E-state index contributed by atoms with van der Waals surface area (Å²) in [6.07, 6.45) is 4.62. The first kappa shape index (κ1) is 17.4. The first-order valence-corrected chi connectivity index (χ1v) is 8.92. The molecule has 4 nitrogen and oxygen atoms in total. The van der Waals surface area contributed by atoms with E-state index in [-0.39, 0.29) is 23.6 Å². The van der Waals surface area contributed by atoms with Crippen molar-refractivity contribution in [2.45, 2.75) is 25.3 Å². The number of fused-ring (bicyclic) bond motifs is 1. The maximum Gasteiger partial charge on any atom is 0.335 e. The van der Waals surface area contributed by atoms with Crippen LogP contribution in [0.3, 0.4) is 0 Å². The molecule has 27 heavy (non-hydrogen) atoms. The second-order valence-electron chi connectivity index (χ2n) is 6.88. The Balaban J connectivity index is 1.72. The van der Waals surface area contributed by atoms with Gasteiger partial charge in [0.2, 0.25) is 0 Å². The van der Waals surface area contributed by atoms with Crippen molar-refractivity contribution in [1.82, 2.24) is 5.01 Å². The number of halogens is 2. The van der Waals surface area contributed by atoms with Gasteiger partial charge in [0.1, 0.15) is 11.6 Å². The van der Waals surface area contributed by atoms with Crippen LogP contribution in [0.15, 0.2) is 59.2 Å². The average Bonchev–Trinajstić information content (AvgIpc) is 3.05. The maximum atomic E-state index is 13.3. The fourth-order valence-corrected chi connectivity index (χ4v) is 3.94. The zero-order valence-corrected chi connectivity index (χ0v) is 14.6. The van der Waals surface area contributed by atoms with E-state index in [1.807, 2.05) is 6.08 Å². The lowest BCUT2D eigenvalue weighted by Crippen LogP contribution is -2.35. The van der Waals surface area contributed by atoms with E-state index in [9.17, 15) is 13.6 Å². The number of carbonyl (C=O) groups excluding carboxylic acids is 1. The van der Waals surface area contributed by atoms with Crippen molar-refractivity contribution in [3.8, 4) is 0 Å². The summed E-state index contributed by atoms with van der Waals surface area (Å²) < 4.78 is 26.5. The lowest BCUT2D eigenvalue weighted by atomic mass is 9.77. The van der Waals surface area contributed by atoms with Gasteiger partial charge in [-0.25, -0.2) is 18.6 Å². The number of allylic oxidation sites excluding steroid dienone is 1. The predicted octanol–water partition coefficient (Wildman–Crippen LogP) is 4.64. The van der Waals surface area contributed by atoms with Crippen molar-refractivity contribution in [1.29, 1.82) is 0 Å². The molecular weight excluding hydrogens is 348 g/mol. The van der Waals surface area contributed by atoms with Gasteiger partial charge in [-0.2, -0.15) is 5.10 Å². The molecule has 4 rings (SSSR count). The highest BCUT2D eigenvalue weighted by molar-refractivity contribution is 6.08. The molecule has 2 aromatic carbocycles. The highest BCUT2D eigenvalue weighted by Gasteiger charge is 2.43. The largest absolute Gasteiger partial charge is 0.350 e. The van der Waals surface area contributed by atoms with Gasteiger partial charge in [0.25, 0.3) is 0 Å². The number of carbonyl (C=O) groups is 1. The zero-order chi connectivity index (χ0) is 19.0. The van der Waals surface area contributed by atoms with E-state index in [2.05, 4.69) is 5.10 Å². The zero-order valence-electron chi connectivity index (χ0n) is 14.6. The van der Waals surface area contributed by atoms with Crippen molar-refractivity contribution < 1.29 is 13.6 Å². The number of rotatable bonds is 2. The van der Waals surface area contributed by atoms with Crippen molar-refractivity contribution >= 4 is 17.8 Å². The molecule has 2 atom stereocenters. The van der Waals surface area contributed by atoms with Gasteiger partial charge in [0.05, 0.1) is 11.8 Å². The quantitative estimate of drug-likeness (QED) is 0.826. The van der Waals surface area contributed by atoms with Crippen LogP contribution in [-0.2, 0) is 0 Å². The van der Waals surface area contributed by atoms with Gasteiger partial charge in [-0.1, -0.05) is 24.3 Å². The summed E-state index contributed by atoms with van der Waals surface area (Å²) in [5.41, 5.74) is 9.11. The van der Waals surface area contributed by atoms with Gasteiger partial charge in [-0.3, -0.25) is 0 Å². The molecule has 0 spiro atoms. The summed E-state index contributed by atoms with van der Waals surface area (Å²) in [6.45, 7) is 0. The summed E-state index contributed by atoms with van der Waals surface area (Å²) in [5.74, 6) is -0.611. The molecule has 0 radical (unpaired) electrons. The number of urea groups is 1. The molecule has 138 valence electrons. The lowest BCUT2D eigenvalue weighted by molar-refractivity contribution is 0.183. The molecule has 6 heteroatoms. The third-order valence-electron chi connectivity index (χ3n) is 5.15. The molecule has 1 aliphatic carbocycles. The number of benzene rings is 2. The topological polar surface area (TPSA) is 58.7 Å². The van der Waals surface area contributed by atoms with Crippen LogP contribution in [0.2, 0.25) is 0 Å².